The lowest BCUT2D eigenvalue weighted by Gasteiger charge is -2.21. The Hall–Kier alpha value is -1.75. The van der Waals surface area contributed by atoms with Gasteiger partial charge in [0.1, 0.15) is 5.75 Å². The van der Waals surface area contributed by atoms with E-state index in [2.05, 4.69) is 55.4 Å². The van der Waals surface area contributed by atoms with Gasteiger partial charge in [-0.3, -0.25) is 0 Å². The number of hydrogen-bond donors (Lipinski definition) is 2. The summed E-state index contributed by atoms with van der Waals surface area (Å²) in [5, 5.41) is 6.87. The van der Waals surface area contributed by atoms with Gasteiger partial charge >= 0.3 is 0 Å². The highest BCUT2D eigenvalue weighted by atomic mass is 16.5. The molecule has 0 heterocycles. The average Bonchev–Trinajstić information content (AvgIpc) is 2.64. The third-order valence-electron chi connectivity index (χ3n) is 4.36. The van der Waals surface area contributed by atoms with Gasteiger partial charge in [-0.1, -0.05) is 26.0 Å². The lowest BCUT2D eigenvalue weighted by atomic mass is 10.2. The van der Waals surface area contributed by atoms with E-state index in [0.717, 1.165) is 49.9 Å². The Bertz CT molecular complexity index is 514. The molecule has 0 bridgehead atoms. The van der Waals surface area contributed by atoms with Crippen LogP contribution in [0.1, 0.15) is 53.0 Å². The molecule has 0 aromatic heterocycles. The highest BCUT2D eigenvalue weighted by Crippen LogP contribution is 2.14. The number of benzene rings is 1. The summed E-state index contributed by atoms with van der Waals surface area (Å²) in [6.45, 7) is 16.4. The van der Waals surface area contributed by atoms with Crippen molar-refractivity contribution in [3.05, 3.63) is 29.8 Å². The Labute approximate surface area is 160 Å². The second-order valence-corrected chi connectivity index (χ2v) is 6.49. The van der Waals surface area contributed by atoms with Crippen molar-refractivity contribution in [2.24, 2.45) is 4.99 Å². The van der Waals surface area contributed by atoms with Crippen LogP contribution >= 0.6 is 0 Å². The first kappa shape index (κ1) is 22.3. The van der Waals surface area contributed by atoms with Gasteiger partial charge < -0.3 is 20.3 Å². The molecule has 0 aliphatic rings. The van der Waals surface area contributed by atoms with Crippen molar-refractivity contribution >= 4 is 5.96 Å². The fraction of sp³-hybridized carbons (Fsp3) is 0.667. The van der Waals surface area contributed by atoms with Crippen LogP contribution in [0, 0.1) is 0 Å². The first-order valence-corrected chi connectivity index (χ1v) is 10.1. The number of rotatable bonds is 12. The van der Waals surface area contributed by atoms with Gasteiger partial charge in [0.05, 0.1) is 13.2 Å². The van der Waals surface area contributed by atoms with Crippen molar-refractivity contribution < 1.29 is 4.74 Å². The molecule has 0 aliphatic carbocycles. The Morgan fingerprint density at radius 3 is 2.62 bits per heavy atom. The van der Waals surface area contributed by atoms with Crippen molar-refractivity contribution in [3.63, 3.8) is 0 Å². The summed E-state index contributed by atoms with van der Waals surface area (Å²) in [7, 11) is 0. The molecule has 26 heavy (non-hydrogen) atoms. The zero-order valence-corrected chi connectivity index (χ0v) is 17.3. The number of hydrogen-bond acceptors (Lipinski definition) is 3. The van der Waals surface area contributed by atoms with E-state index < -0.39 is 0 Å². The van der Waals surface area contributed by atoms with E-state index in [1.54, 1.807) is 0 Å². The van der Waals surface area contributed by atoms with Gasteiger partial charge in [0, 0.05) is 12.6 Å². The maximum Gasteiger partial charge on any atom is 0.191 e. The van der Waals surface area contributed by atoms with Crippen LogP contribution in [0.4, 0.5) is 0 Å². The van der Waals surface area contributed by atoms with E-state index in [9.17, 15) is 0 Å². The molecular weight excluding hydrogens is 324 g/mol. The summed E-state index contributed by atoms with van der Waals surface area (Å²) in [5.74, 6) is 1.78. The maximum absolute atomic E-state index is 5.56. The van der Waals surface area contributed by atoms with Gasteiger partial charge in [-0.05, 0) is 70.9 Å². The first-order chi connectivity index (χ1) is 12.6. The second kappa shape index (κ2) is 13.5. The SMILES string of the molecule is CCNC(=NCc1cccc(OCC)c1)NC(C)CCCN(CC)CC. The van der Waals surface area contributed by atoms with Gasteiger partial charge in [0.25, 0.3) is 0 Å². The van der Waals surface area contributed by atoms with Gasteiger partial charge in [-0.2, -0.15) is 0 Å². The molecule has 1 aromatic carbocycles. The van der Waals surface area contributed by atoms with E-state index in [0.29, 0.717) is 19.2 Å². The third kappa shape index (κ3) is 9.09. The van der Waals surface area contributed by atoms with Crippen LogP contribution < -0.4 is 15.4 Å². The standard InChI is InChI=1S/C21H38N4O/c1-6-22-21(24-18(5)12-11-15-25(7-2)8-3)23-17-19-13-10-14-20(16-19)26-9-4/h10,13-14,16,18H,6-9,11-12,15,17H2,1-5H3,(H2,22,23,24). The summed E-state index contributed by atoms with van der Waals surface area (Å²) in [6, 6.07) is 8.55. The lowest BCUT2D eigenvalue weighted by Crippen LogP contribution is -2.42. The summed E-state index contributed by atoms with van der Waals surface area (Å²) in [5.41, 5.74) is 1.15. The molecule has 148 valence electrons. The zero-order chi connectivity index (χ0) is 19.2. The Balaban J connectivity index is 2.53. The minimum absolute atomic E-state index is 0.401. The number of nitrogens with zero attached hydrogens (tertiary/aromatic N) is 2. The number of guanidine groups is 1. The Kier molecular flexibility index (Phi) is 11.5. The predicted molar refractivity (Wildman–Crippen MR) is 112 cm³/mol. The topological polar surface area (TPSA) is 48.9 Å². The second-order valence-electron chi connectivity index (χ2n) is 6.49. The monoisotopic (exact) mass is 362 g/mol. The van der Waals surface area contributed by atoms with E-state index in [1.165, 1.54) is 6.42 Å². The minimum Gasteiger partial charge on any atom is -0.494 e. The lowest BCUT2D eigenvalue weighted by molar-refractivity contribution is 0.292. The molecule has 0 saturated heterocycles. The maximum atomic E-state index is 5.56. The van der Waals surface area contributed by atoms with Crippen molar-refractivity contribution in [2.45, 2.75) is 60.0 Å². The van der Waals surface area contributed by atoms with Gasteiger partial charge in [-0.25, -0.2) is 4.99 Å². The van der Waals surface area contributed by atoms with Crippen molar-refractivity contribution in [1.82, 2.24) is 15.5 Å². The number of ether oxygens (including phenoxy) is 1. The molecular formula is C21H38N4O. The summed E-state index contributed by atoms with van der Waals surface area (Å²) in [6.07, 6.45) is 2.34. The first-order valence-electron chi connectivity index (χ1n) is 10.1. The molecule has 1 aromatic rings. The van der Waals surface area contributed by atoms with Crippen LogP contribution in [0.3, 0.4) is 0 Å². The van der Waals surface area contributed by atoms with Crippen LogP contribution in [-0.4, -0.2) is 49.7 Å². The van der Waals surface area contributed by atoms with Crippen LogP contribution in [0.5, 0.6) is 5.75 Å². The Morgan fingerprint density at radius 1 is 1.19 bits per heavy atom. The van der Waals surface area contributed by atoms with Gasteiger partial charge in [0.2, 0.25) is 0 Å². The minimum atomic E-state index is 0.401. The van der Waals surface area contributed by atoms with Gasteiger partial charge in [0.15, 0.2) is 5.96 Å². The smallest absolute Gasteiger partial charge is 0.191 e. The largest absolute Gasteiger partial charge is 0.494 e. The fourth-order valence-electron chi connectivity index (χ4n) is 2.86. The molecule has 1 rings (SSSR count). The molecule has 0 fully saturated rings. The van der Waals surface area contributed by atoms with Crippen molar-refractivity contribution in [2.75, 3.05) is 32.8 Å². The van der Waals surface area contributed by atoms with E-state index in [1.807, 2.05) is 19.1 Å². The molecule has 0 aliphatic heterocycles. The quantitative estimate of drug-likeness (QED) is 0.440. The van der Waals surface area contributed by atoms with E-state index >= 15 is 0 Å². The van der Waals surface area contributed by atoms with Crippen LogP contribution in [0.15, 0.2) is 29.3 Å². The zero-order valence-electron chi connectivity index (χ0n) is 17.3. The number of aliphatic imine (C=N–C) groups is 1. The molecule has 2 N–H and O–H groups in total. The van der Waals surface area contributed by atoms with Crippen LogP contribution in [-0.2, 0) is 6.54 Å². The molecule has 1 atom stereocenters. The Morgan fingerprint density at radius 2 is 1.96 bits per heavy atom. The molecule has 0 amide bonds. The van der Waals surface area contributed by atoms with E-state index in [-0.39, 0.29) is 0 Å². The molecule has 1 unspecified atom stereocenters. The van der Waals surface area contributed by atoms with Gasteiger partial charge in [-0.15, -0.1) is 0 Å². The average molecular weight is 363 g/mol. The molecule has 0 radical (unpaired) electrons. The van der Waals surface area contributed by atoms with Crippen LogP contribution in [0.2, 0.25) is 0 Å². The highest BCUT2D eigenvalue weighted by Gasteiger charge is 2.07. The molecule has 5 nitrogen and oxygen atoms in total. The van der Waals surface area contributed by atoms with Crippen LogP contribution in [0.25, 0.3) is 0 Å². The molecule has 5 heteroatoms. The predicted octanol–water partition coefficient (Wildman–Crippen LogP) is 3.65. The number of nitrogens with one attached hydrogen (secondary N) is 2. The summed E-state index contributed by atoms with van der Waals surface area (Å²) < 4.78 is 5.56. The normalized spacial score (nSPS) is 12.9. The molecule has 0 saturated carbocycles. The van der Waals surface area contributed by atoms with E-state index in [4.69, 9.17) is 9.73 Å². The fourth-order valence-corrected chi connectivity index (χ4v) is 2.86. The highest BCUT2D eigenvalue weighted by molar-refractivity contribution is 5.80. The molecule has 0 spiro atoms. The summed E-state index contributed by atoms with van der Waals surface area (Å²) >= 11 is 0. The van der Waals surface area contributed by atoms with Crippen molar-refractivity contribution in [1.29, 1.82) is 0 Å². The summed E-state index contributed by atoms with van der Waals surface area (Å²) in [4.78, 5) is 7.20. The third-order valence-corrected chi connectivity index (χ3v) is 4.36. The van der Waals surface area contributed by atoms with Crippen molar-refractivity contribution in [3.8, 4) is 5.75 Å².